The van der Waals surface area contributed by atoms with E-state index in [2.05, 4.69) is 37.5 Å². The van der Waals surface area contributed by atoms with Crippen molar-refractivity contribution >= 4 is 38.7 Å². The van der Waals surface area contributed by atoms with Crippen molar-refractivity contribution in [2.24, 2.45) is 5.10 Å². The Bertz CT molecular complexity index is 927. The van der Waals surface area contributed by atoms with Crippen LogP contribution in [0.1, 0.15) is 5.01 Å². The monoisotopic (exact) mass is 412 g/mol. The number of nitrogens with one attached hydrogen (secondary N) is 1. The van der Waals surface area contributed by atoms with Gasteiger partial charge in [-0.1, -0.05) is 28.1 Å². The lowest BCUT2D eigenvalue weighted by Gasteiger charge is -2.02. The molecule has 0 saturated heterocycles. The molecule has 1 heterocycles. The van der Waals surface area contributed by atoms with Crippen LogP contribution in [0.25, 0.3) is 11.3 Å². The highest BCUT2D eigenvalue weighted by atomic mass is 79.9. The molecule has 0 bridgehead atoms. The molecular formula is C18H13BrN4OS. The average Bonchev–Trinajstić information content (AvgIpc) is 3.13. The molecule has 5 nitrogen and oxygen atoms in total. The van der Waals surface area contributed by atoms with E-state index in [1.165, 1.54) is 11.3 Å². The van der Waals surface area contributed by atoms with Crippen LogP contribution in [0, 0.1) is 11.3 Å². The molecule has 1 N–H and O–H groups in total. The Morgan fingerprint density at radius 1 is 1.20 bits per heavy atom. The summed E-state index contributed by atoms with van der Waals surface area (Å²) >= 11 is 4.80. The molecule has 0 unspecified atom stereocenters. The summed E-state index contributed by atoms with van der Waals surface area (Å²) < 4.78 is 6.12. The van der Waals surface area contributed by atoms with E-state index >= 15 is 0 Å². The quantitative estimate of drug-likeness (QED) is 0.476. The molecule has 0 aliphatic heterocycles. The number of aromatic nitrogens is 1. The van der Waals surface area contributed by atoms with Crippen LogP contribution in [-0.4, -0.2) is 17.8 Å². The second-order valence-corrected chi connectivity index (χ2v) is 6.73. The standard InChI is InChI=1S/C18H13BrN4OS/c1-24-15-8-6-14(7-9-15)22-23-16(10-20)18-21-17(11-25-18)12-2-4-13(19)5-3-12/h2-9,11,22H,1H3/b23-16-. The van der Waals surface area contributed by atoms with Gasteiger partial charge in [0.1, 0.15) is 11.8 Å². The van der Waals surface area contributed by atoms with Crippen LogP contribution in [0.5, 0.6) is 5.75 Å². The van der Waals surface area contributed by atoms with Gasteiger partial charge in [0.05, 0.1) is 18.5 Å². The molecule has 25 heavy (non-hydrogen) atoms. The molecule has 3 rings (SSSR count). The van der Waals surface area contributed by atoms with Gasteiger partial charge in [0.25, 0.3) is 0 Å². The Hall–Kier alpha value is -2.69. The smallest absolute Gasteiger partial charge is 0.196 e. The number of nitrogens with zero attached hydrogens (tertiary/aromatic N) is 3. The Morgan fingerprint density at radius 3 is 2.56 bits per heavy atom. The van der Waals surface area contributed by atoms with E-state index in [9.17, 15) is 5.26 Å². The molecule has 0 fully saturated rings. The van der Waals surface area contributed by atoms with Crippen molar-refractivity contribution in [3.05, 3.63) is 63.4 Å². The summed E-state index contributed by atoms with van der Waals surface area (Å²) in [5, 5.41) is 16.0. The van der Waals surface area contributed by atoms with Crippen molar-refractivity contribution in [1.29, 1.82) is 5.26 Å². The summed E-state index contributed by atoms with van der Waals surface area (Å²) in [6, 6.07) is 17.2. The van der Waals surface area contributed by atoms with Crippen LogP contribution in [0.15, 0.2) is 63.5 Å². The lowest BCUT2D eigenvalue weighted by molar-refractivity contribution is 0.415. The summed E-state index contributed by atoms with van der Waals surface area (Å²) in [6.45, 7) is 0. The molecule has 124 valence electrons. The Balaban J connectivity index is 1.78. The molecule has 0 atom stereocenters. The molecule has 0 spiro atoms. The number of ether oxygens (including phenoxy) is 1. The van der Waals surface area contributed by atoms with E-state index in [4.69, 9.17) is 4.74 Å². The number of rotatable bonds is 5. The molecule has 0 aliphatic carbocycles. The largest absolute Gasteiger partial charge is 0.497 e. The van der Waals surface area contributed by atoms with E-state index in [1.807, 2.05) is 53.9 Å². The van der Waals surface area contributed by atoms with Crippen LogP contribution < -0.4 is 10.2 Å². The maximum Gasteiger partial charge on any atom is 0.196 e. The maximum atomic E-state index is 9.38. The molecular weight excluding hydrogens is 400 g/mol. The van der Waals surface area contributed by atoms with Crippen LogP contribution >= 0.6 is 27.3 Å². The third-order valence-corrected chi connectivity index (χ3v) is 4.72. The summed E-state index contributed by atoms with van der Waals surface area (Å²) in [4.78, 5) is 4.51. The summed E-state index contributed by atoms with van der Waals surface area (Å²) in [6.07, 6.45) is 0. The van der Waals surface area contributed by atoms with Gasteiger partial charge in [0.2, 0.25) is 0 Å². The number of hydrogen-bond donors (Lipinski definition) is 1. The highest BCUT2D eigenvalue weighted by Gasteiger charge is 2.10. The fourth-order valence-electron chi connectivity index (χ4n) is 2.04. The third kappa shape index (κ3) is 4.24. The minimum absolute atomic E-state index is 0.240. The Morgan fingerprint density at radius 2 is 1.92 bits per heavy atom. The van der Waals surface area contributed by atoms with Crippen LogP contribution in [-0.2, 0) is 0 Å². The Kier molecular flexibility index (Phi) is 5.43. The first-order chi connectivity index (χ1) is 12.2. The van der Waals surface area contributed by atoms with Crippen molar-refractivity contribution in [3.63, 3.8) is 0 Å². The highest BCUT2D eigenvalue weighted by Crippen LogP contribution is 2.24. The topological polar surface area (TPSA) is 70.3 Å². The number of hydrazone groups is 1. The van der Waals surface area contributed by atoms with Crippen molar-refractivity contribution in [1.82, 2.24) is 4.98 Å². The summed E-state index contributed by atoms with van der Waals surface area (Å²) in [5.41, 5.74) is 5.69. The number of anilines is 1. The van der Waals surface area contributed by atoms with Gasteiger partial charge >= 0.3 is 0 Å². The number of nitriles is 1. The molecule has 2 aromatic carbocycles. The van der Waals surface area contributed by atoms with Gasteiger partial charge in [-0.05, 0) is 36.4 Å². The van der Waals surface area contributed by atoms with E-state index in [-0.39, 0.29) is 5.71 Å². The SMILES string of the molecule is COc1ccc(N/N=C(/C#N)c2nc(-c3ccc(Br)cc3)cs2)cc1. The third-order valence-electron chi connectivity index (χ3n) is 3.34. The van der Waals surface area contributed by atoms with Crippen LogP contribution in [0.4, 0.5) is 5.69 Å². The van der Waals surface area contributed by atoms with Crippen molar-refractivity contribution in [2.45, 2.75) is 0 Å². The lowest BCUT2D eigenvalue weighted by atomic mass is 10.2. The first-order valence-corrected chi connectivity index (χ1v) is 8.96. The van der Waals surface area contributed by atoms with E-state index in [0.717, 1.165) is 27.2 Å². The van der Waals surface area contributed by atoms with Crippen LogP contribution in [0.2, 0.25) is 0 Å². The normalized spacial score (nSPS) is 11.0. The van der Waals surface area contributed by atoms with E-state index < -0.39 is 0 Å². The van der Waals surface area contributed by atoms with Crippen LogP contribution in [0.3, 0.4) is 0 Å². The van der Waals surface area contributed by atoms with Gasteiger partial charge < -0.3 is 4.74 Å². The first-order valence-electron chi connectivity index (χ1n) is 7.29. The highest BCUT2D eigenvalue weighted by molar-refractivity contribution is 9.10. The minimum atomic E-state index is 0.240. The first kappa shape index (κ1) is 17.1. The van der Waals surface area contributed by atoms with Crippen molar-refractivity contribution in [3.8, 4) is 23.1 Å². The summed E-state index contributed by atoms with van der Waals surface area (Å²) in [7, 11) is 1.61. The van der Waals surface area contributed by atoms with Gasteiger partial charge in [0.15, 0.2) is 10.7 Å². The van der Waals surface area contributed by atoms with Gasteiger partial charge in [-0.15, -0.1) is 11.3 Å². The van der Waals surface area contributed by atoms with Gasteiger partial charge in [-0.25, -0.2) is 4.98 Å². The second-order valence-electron chi connectivity index (χ2n) is 4.96. The van der Waals surface area contributed by atoms with Gasteiger partial charge in [0, 0.05) is 15.4 Å². The lowest BCUT2D eigenvalue weighted by Crippen LogP contribution is -2.01. The van der Waals surface area contributed by atoms with E-state index in [0.29, 0.717) is 5.01 Å². The fraction of sp³-hybridized carbons (Fsp3) is 0.0556. The van der Waals surface area contributed by atoms with Gasteiger partial charge in [-0.3, -0.25) is 5.43 Å². The average molecular weight is 413 g/mol. The fourth-order valence-corrected chi connectivity index (χ4v) is 3.07. The number of halogens is 1. The molecule has 3 aromatic rings. The predicted molar refractivity (Wildman–Crippen MR) is 104 cm³/mol. The van der Waals surface area contributed by atoms with Crippen molar-refractivity contribution in [2.75, 3.05) is 12.5 Å². The Labute approximate surface area is 157 Å². The number of methoxy groups -OCH3 is 1. The molecule has 0 saturated carbocycles. The molecule has 0 amide bonds. The number of thiazole rings is 1. The second kappa shape index (κ2) is 7.92. The number of hydrogen-bond acceptors (Lipinski definition) is 6. The van der Waals surface area contributed by atoms with E-state index in [1.54, 1.807) is 7.11 Å². The minimum Gasteiger partial charge on any atom is -0.497 e. The zero-order chi connectivity index (χ0) is 17.6. The molecule has 7 heteroatoms. The van der Waals surface area contributed by atoms with Crippen molar-refractivity contribution < 1.29 is 4.74 Å². The van der Waals surface area contributed by atoms with Gasteiger partial charge in [-0.2, -0.15) is 10.4 Å². The zero-order valence-electron chi connectivity index (χ0n) is 13.2. The molecule has 0 radical (unpaired) electrons. The molecule has 0 aliphatic rings. The molecule has 1 aromatic heterocycles. The maximum absolute atomic E-state index is 9.38. The predicted octanol–water partition coefficient (Wildman–Crippen LogP) is 4.92. The number of benzene rings is 2. The summed E-state index contributed by atoms with van der Waals surface area (Å²) in [5.74, 6) is 0.758. The zero-order valence-corrected chi connectivity index (χ0v) is 15.6.